The fourth-order valence-electron chi connectivity index (χ4n) is 1.31. The Morgan fingerprint density at radius 3 is 2.71 bits per heavy atom. The summed E-state index contributed by atoms with van der Waals surface area (Å²) >= 11 is 0. The number of ether oxygens (including phenoxy) is 1. The molecule has 1 aromatic carbocycles. The van der Waals surface area contributed by atoms with Crippen molar-refractivity contribution in [3.63, 3.8) is 0 Å². The van der Waals surface area contributed by atoms with Crippen LogP contribution in [0.1, 0.15) is 5.56 Å². The van der Waals surface area contributed by atoms with Gasteiger partial charge in [0.1, 0.15) is 5.82 Å². The summed E-state index contributed by atoms with van der Waals surface area (Å²) in [6, 6.07) is 4.55. The maximum atomic E-state index is 13.3. The Balaban J connectivity index is 2.31. The van der Waals surface area contributed by atoms with E-state index in [0.717, 1.165) is 12.1 Å². The highest BCUT2D eigenvalue weighted by Gasteiger charge is 2.09. The number of benzene rings is 1. The molecule has 0 aliphatic rings. The van der Waals surface area contributed by atoms with Crippen molar-refractivity contribution in [2.24, 2.45) is 0 Å². The summed E-state index contributed by atoms with van der Waals surface area (Å²) in [5.74, 6) is -1.37. The molecule has 2 rings (SSSR count). The van der Waals surface area contributed by atoms with E-state index in [-0.39, 0.29) is 18.1 Å². The zero-order chi connectivity index (χ0) is 12.3. The first kappa shape index (κ1) is 11.5. The van der Waals surface area contributed by atoms with E-state index < -0.39 is 11.6 Å². The predicted molar refractivity (Wildman–Crippen MR) is 56.6 cm³/mol. The van der Waals surface area contributed by atoms with Gasteiger partial charge in [-0.1, -0.05) is 0 Å². The highest BCUT2D eigenvalue weighted by Crippen LogP contribution is 2.26. The molecule has 3 nitrogen and oxygen atoms in total. The lowest BCUT2D eigenvalue weighted by molar-refractivity contribution is 0.275. The molecule has 0 aliphatic heterocycles. The SMILES string of the molecule is OCc1ccncc1Oc1ccc(F)cc1F. The molecule has 0 saturated heterocycles. The van der Waals surface area contributed by atoms with Crippen LogP contribution in [0.2, 0.25) is 0 Å². The van der Waals surface area contributed by atoms with Gasteiger partial charge in [0.05, 0.1) is 12.8 Å². The largest absolute Gasteiger partial charge is 0.452 e. The lowest BCUT2D eigenvalue weighted by atomic mass is 10.2. The van der Waals surface area contributed by atoms with Gasteiger partial charge in [0.25, 0.3) is 0 Å². The Labute approximate surface area is 96.3 Å². The van der Waals surface area contributed by atoms with Gasteiger partial charge < -0.3 is 9.84 Å². The van der Waals surface area contributed by atoms with Gasteiger partial charge in [-0.15, -0.1) is 0 Å². The molecule has 0 atom stereocenters. The molecule has 0 unspecified atom stereocenters. The average molecular weight is 237 g/mol. The molecule has 0 fully saturated rings. The summed E-state index contributed by atoms with van der Waals surface area (Å²) in [5.41, 5.74) is 0.476. The molecule has 0 bridgehead atoms. The number of aliphatic hydroxyl groups is 1. The van der Waals surface area contributed by atoms with Gasteiger partial charge in [-0.2, -0.15) is 0 Å². The highest BCUT2D eigenvalue weighted by molar-refractivity contribution is 5.35. The van der Waals surface area contributed by atoms with Crippen molar-refractivity contribution >= 4 is 0 Å². The normalized spacial score (nSPS) is 10.3. The summed E-state index contributed by atoms with van der Waals surface area (Å²) in [6.07, 6.45) is 2.84. The van der Waals surface area contributed by atoms with Gasteiger partial charge in [-0.25, -0.2) is 8.78 Å². The number of aromatic nitrogens is 1. The van der Waals surface area contributed by atoms with Gasteiger partial charge in [0.2, 0.25) is 0 Å². The lowest BCUT2D eigenvalue weighted by Crippen LogP contribution is -1.94. The molecule has 0 aliphatic carbocycles. The first-order valence-electron chi connectivity index (χ1n) is 4.87. The molecule has 5 heteroatoms. The van der Waals surface area contributed by atoms with E-state index >= 15 is 0 Å². The zero-order valence-electron chi connectivity index (χ0n) is 8.73. The number of halogens is 2. The van der Waals surface area contributed by atoms with Crippen LogP contribution in [0.25, 0.3) is 0 Å². The number of rotatable bonds is 3. The topological polar surface area (TPSA) is 42.4 Å². The highest BCUT2D eigenvalue weighted by atomic mass is 19.1. The van der Waals surface area contributed by atoms with E-state index in [1.807, 2.05) is 0 Å². The Morgan fingerprint density at radius 2 is 2.00 bits per heavy atom. The molecule has 0 amide bonds. The van der Waals surface area contributed by atoms with Crippen LogP contribution in [0.15, 0.2) is 36.7 Å². The van der Waals surface area contributed by atoms with Crippen LogP contribution in [-0.2, 0) is 6.61 Å². The first-order chi connectivity index (χ1) is 8.20. The number of aliphatic hydroxyl groups excluding tert-OH is 1. The van der Waals surface area contributed by atoms with Crippen molar-refractivity contribution in [2.45, 2.75) is 6.61 Å². The Bertz CT molecular complexity index is 532. The van der Waals surface area contributed by atoms with Crippen LogP contribution in [-0.4, -0.2) is 10.1 Å². The number of nitrogens with zero attached hydrogens (tertiary/aromatic N) is 1. The molecule has 17 heavy (non-hydrogen) atoms. The lowest BCUT2D eigenvalue weighted by Gasteiger charge is -2.09. The second kappa shape index (κ2) is 4.88. The third-order valence-electron chi connectivity index (χ3n) is 2.15. The van der Waals surface area contributed by atoms with Crippen LogP contribution in [0.4, 0.5) is 8.78 Å². The smallest absolute Gasteiger partial charge is 0.168 e. The van der Waals surface area contributed by atoms with E-state index in [1.165, 1.54) is 18.5 Å². The molecule has 0 radical (unpaired) electrons. The van der Waals surface area contributed by atoms with Crippen molar-refractivity contribution < 1.29 is 18.6 Å². The quantitative estimate of drug-likeness (QED) is 0.892. The van der Waals surface area contributed by atoms with Crippen molar-refractivity contribution in [3.05, 3.63) is 53.9 Å². The van der Waals surface area contributed by atoms with E-state index in [2.05, 4.69) is 4.98 Å². The average Bonchev–Trinajstić information content (AvgIpc) is 2.33. The van der Waals surface area contributed by atoms with Gasteiger partial charge in [0, 0.05) is 17.8 Å². The summed E-state index contributed by atoms with van der Waals surface area (Å²) in [4.78, 5) is 3.80. The van der Waals surface area contributed by atoms with Crippen LogP contribution in [0.5, 0.6) is 11.5 Å². The van der Waals surface area contributed by atoms with E-state index in [1.54, 1.807) is 6.07 Å². The van der Waals surface area contributed by atoms with Gasteiger partial charge >= 0.3 is 0 Å². The van der Waals surface area contributed by atoms with Gasteiger partial charge in [0.15, 0.2) is 17.3 Å². The zero-order valence-corrected chi connectivity index (χ0v) is 8.73. The van der Waals surface area contributed by atoms with Gasteiger partial charge in [-0.05, 0) is 18.2 Å². The third kappa shape index (κ3) is 2.57. The maximum Gasteiger partial charge on any atom is 0.168 e. The fraction of sp³-hybridized carbons (Fsp3) is 0.0833. The van der Waals surface area contributed by atoms with Crippen molar-refractivity contribution in [3.8, 4) is 11.5 Å². The molecule has 88 valence electrons. The van der Waals surface area contributed by atoms with Crippen LogP contribution in [0.3, 0.4) is 0 Å². The van der Waals surface area contributed by atoms with E-state index in [9.17, 15) is 8.78 Å². The number of pyridine rings is 1. The standard InChI is InChI=1S/C12H9F2NO2/c13-9-1-2-11(10(14)5-9)17-12-6-15-4-3-8(12)7-16/h1-6,16H,7H2. The summed E-state index contributed by atoms with van der Waals surface area (Å²) in [7, 11) is 0. The first-order valence-corrected chi connectivity index (χ1v) is 4.87. The van der Waals surface area contributed by atoms with Crippen LogP contribution in [0, 0.1) is 11.6 Å². The maximum absolute atomic E-state index is 13.3. The minimum atomic E-state index is -0.808. The molecule has 2 aromatic rings. The van der Waals surface area contributed by atoms with E-state index in [0.29, 0.717) is 5.56 Å². The summed E-state index contributed by atoms with van der Waals surface area (Å²) in [6.45, 7) is -0.249. The summed E-state index contributed by atoms with van der Waals surface area (Å²) in [5, 5.41) is 9.05. The Kier molecular flexibility index (Phi) is 3.30. The Hall–Kier alpha value is -2.01. The van der Waals surface area contributed by atoms with Crippen LogP contribution >= 0.6 is 0 Å². The van der Waals surface area contributed by atoms with Gasteiger partial charge in [-0.3, -0.25) is 4.98 Å². The Morgan fingerprint density at radius 1 is 1.18 bits per heavy atom. The molecule has 1 aromatic heterocycles. The van der Waals surface area contributed by atoms with E-state index in [4.69, 9.17) is 9.84 Å². The molecular weight excluding hydrogens is 228 g/mol. The number of hydrogen-bond acceptors (Lipinski definition) is 3. The van der Waals surface area contributed by atoms with Crippen molar-refractivity contribution in [2.75, 3.05) is 0 Å². The monoisotopic (exact) mass is 237 g/mol. The number of hydrogen-bond donors (Lipinski definition) is 1. The van der Waals surface area contributed by atoms with Crippen molar-refractivity contribution in [1.82, 2.24) is 4.98 Å². The third-order valence-corrected chi connectivity index (χ3v) is 2.15. The molecule has 1 N–H and O–H groups in total. The second-order valence-corrected chi connectivity index (χ2v) is 3.32. The molecular formula is C12H9F2NO2. The molecule has 0 saturated carbocycles. The minimum absolute atomic E-state index is 0.117. The molecule has 1 heterocycles. The fourth-order valence-corrected chi connectivity index (χ4v) is 1.31. The predicted octanol–water partition coefficient (Wildman–Crippen LogP) is 2.64. The minimum Gasteiger partial charge on any atom is -0.452 e. The van der Waals surface area contributed by atoms with Crippen LogP contribution < -0.4 is 4.74 Å². The second-order valence-electron chi connectivity index (χ2n) is 3.32. The van der Waals surface area contributed by atoms with Crippen molar-refractivity contribution in [1.29, 1.82) is 0 Å². The molecule has 0 spiro atoms. The summed E-state index contributed by atoms with van der Waals surface area (Å²) < 4.78 is 31.2.